The summed E-state index contributed by atoms with van der Waals surface area (Å²) in [5.41, 5.74) is 0.527. The minimum Gasteiger partial charge on any atom is -0.464 e. The molecule has 0 spiro atoms. The van der Waals surface area contributed by atoms with Gasteiger partial charge in [-0.25, -0.2) is 14.4 Å². The Balaban J connectivity index is 2.25. The zero-order valence-electron chi connectivity index (χ0n) is 16.0. The molecule has 150 valence electrons. The van der Waals surface area contributed by atoms with E-state index < -0.39 is 17.9 Å². The van der Waals surface area contributed by atoms with Crippen LogP contribution in [0.1, 0.15) is 23.0 Å². The molecule has 0 aliphatic rings. The molecular weight excluding hydrogens is 376 g/mol. The Morgan fingerprint density at radius 2 is 1.76 bits per heavy atom. The SMILES string of the molecule is CCOC(=O)/C(=C/N/C(=C\OC(=O)c1ccccc1)C(=O)OC)c1ccccn1. The Hall–Kier alpha value is -3.94. The Bertz CT molecular complexity index is 907. The molecule has 0 aliphatic carbocycles. The number of carbonyl (C=O) groups is 3. The smallest absolute Gasteiger partial charge is 0.357 e. The lowest BCUT2D eigenvalue weighted by atomic mass is 10.2. The summed E-state index contributed by atoms with van der Waals surface area (Å²) in [6.45, 7) is 1.83. The van der Waals surface area contributed by atoms with Crippen molar-refractivity contribution in [2.24, 2.45) is 0 Å². The van der Waals surface area contributed by atoms with E-state index in [2.05, 4.69) is 15.0 Å². The predicted molar refractivity (Wildman–Crippen MR) is 104 cm³/mol. The van der Waals surface area contributed by atoms with Gasteiger partial charge >= 0.3 is 17.9 Å². The second-order valence-corrected chi connectivity index (χ2v) is 5.43. The van der Waals surface area contributed by atoms with Crippen molar-refractivity contribution >= 4 is 23.5 Å². The number of nitrogens with one attached hydrogen (secondary N) is 1. The number of pyridine rings is 1. The Morgan fingerprint density at radius 3 is 2.38 bits per heavy atom. The molecular formula is C21H20N2O6. The van der Waals surface area contributed by atoms with Gasteiger partial charge in [0.05, 0.1) is 25.0 Å². The summed E-state index contributed by atoms with van der Waals surface area (Å²) in [5, 5.41) is 2.62. The van der Waals surface area contributed by atoms with Crippen molar-refractivity contribution < 1.29 is 28.6 Å². The molecule has 0 unspecified atom stereocenters. The number of rotatable bonds is 8. The summed E-state index contributed by atoms with van der Waals surface area (Å²) in [7, 11) is 1.17. The summed E-state index contributed by atoms with van der Waals surface area (Å²) in [5.74, 6) is -2.09. The number of hydrogen-bond donors (Lipinski definition) is 1. The van der Waals surface area contributed by atoms with E-state index in [-0.39, 0.29) is 17.9 Å². The van der Waals surface area contributed by atoms with Gasteiger partial charge in [-0.05, 0) is 31.2 Å². The maximum Gasteiger partial charge on any atom is 0.357 e. The van der Waals surface area contributed by atoms with Crippen LogP contribution in [-0.2, 0) is 23.8 Å². The maximum atomic E-state index is 12.3. The standard InChI is InChI=1S/C21H20N2O6/c1-3-28-20(25)16(17-11-7-8-12-22-17)13-23-18(21(26)27-2)14-29-19(24)15-9-5-4-6-10-15/h4-14,23H,3H2,1-2H3/b16-13+,18-14-. The molecule has 0 fully saturated rings. The lowest BCUT2D eigenvalue weighted by molar-refractivity contribution is -0.137. The highest BCUT2D eigenvalue weighted by atomic mass is 16.5. The molecule has 2 rings (SSSR count). The summed E-state index contributed by atoms with van der Waals surface area (Å²) in [6, 6.07) is 13.3. The van der Waals surface area contributed by atoms with Gasteiger partial charge in [0.15, 0.2) is 5.70 Å². The molecule has 0 aliphatic heterocycles. The lowest BCUT2D eigenvalue weighted by Gasteiger charge is -2.09. The molecule has 0 radical (unpaired) electrons. The number of benzene rings is 1. The van der Waals surface area contributed by atoms with Crippen molar-refractivity contribution in [1.82, 2.24) is 10.3 Å². The first-order valence-corrected chi connectivity index (χ1v) is 8.66. The van der Waals surface area contributed by atoms with Crippen LogP contribution >= 0.6 is 0 Å². The second kappa shape index (κ2) is 11.0. The third-order valence-electron chi connectivity index (χ3n) is 3.51. The zero-order chi connectivity index (χ0) is 21.1. The Kier molecular flexibility index (Phi) is 8.12. The lowest BCUT2D eigenvalue weighted by Crippen LogP contribution is -2.20. The number of carbonyl (C=O) groups excluding carboxylic acids is 3. The van der Waals surface area contributed by atoms with Crippen molar-refractivity contribution in [1.29, 1.82) is 0 Å². The summed E-state index contributed by atoms with van der Waals surface area (Å²) < 4.78 is 14.7. The van der Waals surface area contributed by atoms with Gasteiger partial charge in [0, 0.05) is 12.4 Å². The number of aromatic nitrogens is 1. The van der Waals surface area contributed by atoms with Gasteiger partial charge in [-0.2, -0.15) is 0 Å². The van der Waals surface area contributed by atoms with Gasteiger partial charge in [-0.1, -0.05) is 24.3 Å². The van der Waals surface area contributed by atoms with E-state index in [0.717, 1.165) is 6.26 Å². The highest BCUT2D eigenvalue weighted by molar-refractivity contribution is 6.15. The van der Waals surface area contributed by atoms with E-state index >= 15 is 0 Å². The van der Waals surface area contributed by atoms with E-state index in [1.54, 1.807) is 55.5 Å². The largest absolute Gasteiger partial charge is 0.464 e. The molecule has 29 heavy (non-hydrogen) atoms. The van der Waals surface area contributed by atoms with Crippen molar-refractivity contribution in [2.45, 2.75) is 6.92 Å². The van der Waals surface area contributed by atoms with Gasteiger partial charge in [-0.15, -0.1) is 0 Å². The highest BCUT2D eigenvalue weighted by Gasteiger charge is 2.17. The van der Waals surface area contributed by atoms with Crippen molar-refractivity contribution in [3.8, 4) is 0 Å². The van der Waals surface area contributed by atoms with Crippen molar-refractivity contribution in [3.05, 3.63) is 84.1 Å². The van der Waals surface area contributed by atoms with Crippen LogP contribution in [0.4, 0.5) is 0 Å². The van der Waals surface area contributed by atoms with Crippen LogP contribution in [0.2, 0.25) is 0 Å². The number of ether oxygens (including phenoxy) is 3. The number of methoxy groups -OCH3 is 1. The molecule has 8 heteroatoms. The molecule has 1 aromatic carbocycles. The predicted octanol–water partition coefficient (Wildman–Crippen LogP) is 2.45. The van der Waals surface area contributed by atoms with E-state index in [1.165, 1.54) is 19.5 Å². The van der Waals surface area contributed by atoms with Crippen LogP contribution < -0.4 is 5.32 Å². The fraction of sp³-hybridized carbons (Fsp3) is 0.143. The number of nitrogens with zero attached hydrogens (tertiary/aromatic N) is 1. The minimum atomic E-state index is -0.800. The van der Waals surface area contributed by atoms with Gasteiger partial charge < -0.3 is 19.5 Å². The van der Waals surface area contributed by atoms with E-state index in [0.29, 0.717) is 11.3 Å². The Morgan fingerprint density at radius 1 is 1.03 bits per heavy atom. The molecule has 0 atom stereocenters. The third kappa shape index (κ3) is 6.31. The summed E-state index contributed by atoms with van der Waals surface area (Å²) in [4.78, 5) is 40.4. The van der Waals surface area contributed by atoms with Gasteiger partial charge in [0.2, 0.25) is 0 Å². The van der Waals surface area contributed by atoms with Crippen LogP contribution in [-0.4, -0.2) is 36.6 Å². The molecule has 1 aromatic heterocycles. The van der Waals surface area contributed by atoms with Crippen LogP contribution in [0.3, 0.4) is 0 Å². The average Bonchev–Trinajstić information content (AvgIpc) is 2.76. The quantitative estimate of drug-likeness (QED) is 0.314. The van der Waals surface area contributed by atoms with E-state index in [9.17, 15) is 14.4 Å². The fourth-order valence-corrected chi connectivity index (χ4v) is 2.12. The molecule has 8 nitrogen and oxygen atoms in total. The van der Waals surface area contributed by atoms with Gasteiger partial charge in [0.25, 0.3) is 0 Å². The van der Waals surface area contributed by atoms with Crippen LogP contribution in [0.25, 0.3) is 5.57 Å². The third-order valence-corrected chi connectivity index (χ3v) is 3.51. The summed E-state index contributed by atoms with van der Waals surface area (Å²) >= 11 is 0. The molecule has 0 saturated heterocycles. The second-order valence-electron chi connectivity index (χ2n) is 5.43. The van der Waals surface area contributed by atoms with Gasteiger partial charge in [0.1, 0.15) is 11.8 Å². The van der Waals surface area contributed by atoms with Crippen molar-refractivity contribution in [3.63, 3.8) is 0 Å². The van der Waals surface area contributed by atoms with Gasteiger partial charge in [-0.3, -0.25) is 4.98 Å². The first-order valence-electron chi connectivity index (χ1n) is 8.66. The Labute approximate surface area is 167 Å². The van der Waals surface area contributed by atoms with Crippen LogP contribution in [0, 0.1) is 0 Å². The molecule has 2 aromatic rings. The minimum absolute atomic E-state index is 0.0802. The average molecular weight is 396 g/mol. The maximum absolute atomic E-state index is 12.3. The summed E-state index contributed by atoms with van der Waals surface area (Å²) in [6.07, 6.45) is 3.67. The molecule has 1 heterocycles. The molecule has 0 bridgehead atoms. The first kappa shape index (κ1) is 21.4. The van der Waals surface area contributed by atoms with E-state index in [4.69, 9.17) is 9.47 Å². The monoisotopic (exact) mass is 396 g/mol. The van der Waals surface area contributed by atoms with Crippen LogP contribution in [0.5, 0.6) is 0 Å². The molecule has 0 saturated carbocycles. The van der Waals surface area contributed by atoms with Crippen LogP contribution in [0.15, 0.2) is 72.9 Å². The van der Waals surface area contributed by atoms with Crippen molar-refractivity contribution in [2.75, 3.05) is 13.7 Å². The molecule has 0 amide bonds. The normalized spacial score (nSPS) is 11.4. The topological polar surface area (TPSA) is 104 Å². The zero-order valence-corrected chi connectivity index (χ0v) is 16.0. The fourth-order valence-electron chi connectivity index (χ4n) is 2.12. The first-order chi connectivity index (χ1) is 14.1. The highest BCUT2D eigenvalue weighted by Crippen LogP contribution is 2.13. The number of hydrogen-bond acceptors (Lipinski definition) is 8. The molecule has 1 N–H and O–H groups in total. The number of esters is 3. The van der Waals surface area contributed by atoms with E-state index in [1.807, 2.05) is 0 Å².